The molecule has 2 N–H and O–H groups in total. The van der Waals surface area contributed by atoms with Crippen LogP contribution in [0.1, 0.15) is 12.5 Å². The molecule has 4 nitrogen and oxygen atoms in total. The monoisotopic (exact) mass is 339 g/mol. The molecular formula is C15H22BrN3O. The van der Waals surface area contributed by atoms with E-state index in [1.54, 1.807) is 0 Å². The largest absolute Gasteiger partial charge is 0.352 e. The summed E-state index contributed by atoms with van der Waals surface area (Å²) >= 11 is 3.43. The van der Waals surface area contributed by atoms with Crippen LogP contribution in [-0.4, -0.2) is 49.6 Å². The standard InChI is InChI=1S/C15H22BrN3O/c1-12(10-13-2-4-14(16)5-3-13)18-15(20)11-19-8-6-17-7-9-19/h2-5,12,17H,6-11H2,1H3,(H,18,20). The third-order valence-electron chi connectivity index (χ3n) is 3.44. The van der Waals surface area contributed by atoms with Crippen LogP contribution in [0.2, 0.25) is 0 Å². The molecule has 20 heavy (non-hydrogen) atoms. The number of rotatable bonds is 5. The first kappa shape index (κ1) is 15.5. The van der Waals surface area contributed by atoms with E-state index in [-0.39, 0.29) is 11.9 Å². The first-order chi connectivity index (χ1) is 9.63. The zero-order valence-electron chi connectivity index (χ0n) is 11.9. The van der Waals surface area contributed by atoms with Gasteiger partial charge in [-0.15, -0.1) is 0 Å². The Morgan fingerprint density at radius 1 is 1.35 bits per heavy atom. The summed E-state index contributed by atoms with van der Waals surface area (Å²) in [6.07, 6.45) is 0.862. The van der Waals surface area contributed by atoms with Gasteiger partial charge in [-0.1, -0.05) is 28.1 Å². The highest BCUT2D eigenvalue weighted by Gasteiger charge is 2.15. The Morgan fingerprint density at radius 3 is 2.65 bits per heavy atom. The molecule has 110 valence electrons. The van der Waals surface area contributed by atoms with Gasteiger partial charge >= 0.3 is 0 Å². The molecule has 0 aromatic heterocycles. The lowest BCUT2D eigenvalue weighted by molar-refractivity contribution is -0.122. The van der Waals surface area contributed by atoms with Crippen LogP contribution in [0, 0.1) is 0 Å². The Balaban J connectivity index is 1.74. The lowest BCUT2D eigenvalue weighted by atomic mass is 10.1. The molecule has 1 heterocycles. The molecule has 0 spiro atoms. The highest BCUT2D eigenvalue weighted by atomic mass is 79.9. The SMILES string of the molecule is CC(Cc1ccc(Br)cc1)NC(=O)CN1CCNCC1. The molecule has 1 aliphatic heterocycles. The van der Waals surface area contributed by atoms with Crippen molar-refractivity contribution in [3.8, 4) is 0 Å². The van der Waals surface area contributed by atoms with Crippen LogP contribution < -0.4 is 10.6 Å². The summed E-state index contributed by atoms with van der Waals surface area (Å²) in [6, 6.07) is 8.40. The highest BCUT2D eigenvalue weighted by Crippen LogP contribution is 2.11. The lowest BCUT2D eigenvalue weighted by Crippen LogP contribution is -2.48. The number of benzene rings is 1. The molecule has 1 amide bonds. The van der Waals surface area contributed by atoms with Gasteiger partial charge in [0.15, 0.2) is 0 Å². The zero-order valence-corrected chi connectivity index (χ0v) is 13.4. The van der Waals surface area contributed by atoms with Crippen LogP contribution in [0.3, 0.4) is 0 Å². The van der Waals surface area contributed by atoms with Gasteiger partial charge in [-0.2, -0.15) is 0 Å². The molecule has 1 aromatic rings. The summed E-state index contributed by atoms with van der Waals surface area (Å²) in [7, 11) is 0. The van der Waals surface area contributed by atoms with Crippen LogP contribution >= 0.6 is 15.9 Å². The highest BCUT2D eigenvalue weighted by molar-refractivity contribution is 9.10. The van der Waals surface area contributed by atoms with Crippen LogP contribution in [0.15, 0.2) is 28.7 Å². The Bertz CT molecular complexity index is 429. The number of carbonyl (C=O) groups is 1. The second kappa shape index (κ2) is 7.76. The molecule has 1 aliphatic rings. The number of nitrogens with one attached hydrogen (secondary N) is 2. The molecule has 1 fully saturated rings. The molecule has 0 saturated carbocycles. The number of hydrogen-bond acceptors (Lipinski definition) is 3. The second-order valence-electron chi connectivity index (χ2n) is 5.33. The van der Waals surface area contributed by atoms with E-state index < -0.39 is 0 Å². The average molecular weight is 340 g/mol. The first-order valence-electron chi connectivity index (χ1n) is 7.10. The van der Waals surface area contributed by atoms with Crippen LogP contribution in [-0.2, 0) is 11.2 Å². The second-order valence-corrected chi connectivity index (χ2v) is 6.24. The van der Waals surface area contributed by atoms with Gasteiger partial charge in [-0.3, -0.25) is 9.69 Å². The molecule has 1 aromatic carbocycles. The summed E-state index contributed by atoms with van der Waals surface area (Å²) in [5.74, 6) is 0.122. The van der Waals surface area contributed by atoms with Gasteiger partial charge in [0.05, 0.1) is 6.54 Å². The van der Waals surface area contributed by atoms with Crippen molar-refractivity contribution in [1.82, 2.24) is 15.5 Å². The van der Waals surface area contributed by atoms with Crippen LogP contribution in [0.4, 0.5) is 0 Å². The van der Waals surface area contributed by atoms with E-state index in [0.717, 1.165) is 37.1 Å². The molecular weight excluding hydrogens is 318 g/mol. The number of nitrogens with zero attached hydrogens (tertiary/aromatic N) is 1. The maximum atomic E-state index is 12.0. The molecule has 1 unspecified atom stereocenters. The summed E-state index contributed by atoms with van der Waals surface area (Å²) in [4.78, 5) is 14.2. The number of amides is 1. The normalized spacial score (nSPS) is 17.7. The summed E-state index contributed by atoms with van der Waals surface area (Å²) < 4.78 is 1.08. The molecule has 1 saturated heterocycles. The molecule has 2 rings (SSSR count). The lowest BCUT2D eigenvalue weighted by Gasteiger charge is -2.27. The number of carbonyl (C=O) groups excluding carboxylic acids is 1. The van der Waals surface area contributed by atoms with Gasteiger partial charge in [-0.25, -0.2) is 0 Å². The molecule has 0 aliphatic carbocycles. The van der Waals surface area contributed by atoms with Gasteiger partial charge < -0.3 is 10.6 Å². The fourth-order valence-electron chi connectivity index (χ4n) is 2.42. The molecule has 1 atom stereocenters. The van der Waals surface area contributed by atoms with Crippen molar-refractivity contribution >= 4 is 21.8 Å². The quantitative estimate of drug-likeness (QED) is 0.852. The topological polar surface area (TPSA) is 44.4 Å². The third kappa shape index (κ3) is 5.23. The Kier molecular flexibility index (Phi) is 6.01. The number of piperazine rings is 1. The molecule has 0 bridgehead atoms. The molecule has 0 radical (unpaired) electrons. The first-order valence-corrected chi connectivity index (χ1v) is 7.89. The van der Waals surface area contributed by atoms with Gasteiger partial charge in [-0.05, 0) is 31.0 Å². The summed E-state index contributed by atoms with van der Waals surface area (Å²) in [5, 5.41) is 6.37. The van der Waals surface area contributed by atoms with Crippen molar-refractivity contribution in [3.05, 3.63) is 34.3 Å². The van der Waals surface area contributed by atoms with E-state index in [2.05, 4.69) is 50.5 Å². The Labute approximate surface area is 129 Å². The van der Waals surface area contributed by atoms with Crippen molar-refractivity contribution in [2.24, 2.45) is 0 Å². The van der Waals surface area contributed by atoms with Crippen molar-refractivity contribution in [2.75, 3.05) is 32.7 Å². The maximum Gasteiger partial charge on any atom is 0.234 e. The van der Waals surface area contributed by atoms with Gasteiger partial charge in [0, 0.05) is 36.7 Å². The minimum Gasteiger partial charge on any atom is -0.352 e. The van der Waals surface area contributed by atoms with Crippen molar-refractivity contribution in [1.29, 1.82) is 0 Å². The van der Waals surface area contributed by atoms with E-state index in [0.29, 0.717) is 6.54 Å². The maximum absolute atomic E-state index is 12.0. The minimum atomic E-state index is 0.122. The van der Waals surface area contributed by atoms with Crippen molar-refractivity contribution in [2.45, 2.75) is 19.4 Å². The number of hydrogen-bond donors (Lipinski definition) is 2. The Hall–Kier alpha value is -0.910. The summed E-state index contributed by atoms with van der Waals surface area (Å²) in [5.41, 5.74) is 1.24. The van der Waals surface area contributed by atoms with Crippen LogP contribution in [0.5, 0.6) is 0 Å². The van der Waals surface area contributed by atoms with Crippen molar-refractivity contribution < 1.29 is 4.79 Å². The van der Waals surface area contributed by atoms with E-state index in [1.807, 2.05) is 12.1 Å². The predicted molar refractivity (Wildman–Crippen MR) is 84.8 cm³/mol. The Morgan fingerprint density at radius 2 is 2.00 bits per heavy atom. The minimum absolute atomic E-state index is 0.122. The van der Waals surface area contributed by atoms with Gasteiger partial charge in [0.2, 0.25) is 5.91 Å². The molecule has 5 heteroatoms. The van der Waals surface area contributed by atoms with Crippen molar-refractivity contribution in [3.63, 3.8) is 0 Å². The fraction of sp³-hybridized carbons (Fsp3) is 0.533. The van der Waals surface area contributed by atoms with Gasteiger partial charge in [0.1, 0.15) is 0 Å². The van der Waals surface area contributed by atoms with E-state index >= 15 is 0 Å². The number of halogens is 1. The van der Waals surface area contributed by atoms with E-state index in [1.165, 1.54) is 5.56 Å². The smallest absolute Gasteiger partial charge is 0.234 e. The van der Waals surface area contributed by atoms with E-state index in [4.69, 9.17) is 0 Å². The van der Waals surface area contributed by atoms with E-state index in [9.17, 15) is 4.79 Å². The van der Waals surface area contributed by atoms with Crippen LogP contribution in [0.25, 0.3) is 0 Å². The summed E-state index contributed by atoms with van der Waals surface area (Å²) in [6.45, 7) is 6.41. The average Bonchev–Trinajstić information content (AvgIpc) is 2.42. The third-order valence-corrected chi connectivity index (χ3v) is 3.97. The zero-order chi connectivity index (χ0) is 14.4. The fourth-order valence-corrected chi connectivity index (χ4v) is 2.68. The van der Waals surface area contributed by atoms with Gasteiger partial charge in [0.25, 0.3) is 0 Å². The predicted octanol–water partition coefficient (Wildman–Crippen LogP) is 1.40.